The third kappa shape index (κ3) is 2.50. The lowest BCUT2D eigenvalue weighted by Gasteiger charge is -2.00. The van der Waals surface area contributed by atoms with Crippen LogP contribution in [0.3, 0.4) is 0 Å². The number of benzene rings is 1. The van der Waals surface area contributed by atoms with Crippen LogP contribution in [0.25, 0.3) is 11.4 Å². The van der Waals surface area contributed by atoms with Crippen molar-refractivity contribution in [1.82, 2.24) is 10.1 Å². The van der Waals surface area contributed by atoms with Gasteiger partial charge in [-0.25, -0.2) is 4.79 Å². The largest absolute Gasteiger partial charge is 0.478 e. The van der Waals surface area contributed by atoms with Gasteiger partial charge in [0.2, 0.25) is 11.7 Å². The third-order valence-corrected chi connectivity index (χ3v) is 3.54. The first kappa shape index (κ1) is 11.9. The molecule has 5 nitrogen and oxygen atoms in total. The van der Waals surface area contributed by atoms with Crippen LogP contribution in [0, 0.1) is 5.41 Å². The van der Waals surface area contributed by atoms with Gasteiger partial charge in [0, 0.05) is 12.0 Å². The maximum atomic E-state index is 10.8. The predicted octanol–water partition coefficient (Wildman–Crippen LogP) is 2.78. The van der Waals surface area contributed by atoms with Crippen LogP contribution < -0.4 is 0 Å². The van der Waals surface area contributed by atoms with Gasteiger partial charge in [0.1, 0.15) is 0 Å². The Hall–Kier alpha value is -2.17. The number of carboxylic acid groups (broad SMARTS) is 1. The van der Waals surface area contributed by atoms with Crippen LogP contribution in [0.4, 0.5) is 0 Å². The Bertz CT molecular complexity index is 612. The van der Waals surface area contributed by atoms with E-state index in [0.717, 1.165) is 12.0 Å². The van der Waals surface area contributed by atoms with Gasteiger partial charge in [-0.05, 0) is 30.4 Å². The highest BCUT2D eigenvalue weighted by Crippen LogP contribution is 2.47. The number of nitrogens with zero attached hydrogens (tertiary/aromatic N) is 2. The van der Waals surface area contributed by atoms with Crippen molar-refractivity contribution in [2.24, 2.45) is 5.41 Å². The molecule has 2 aromatic rings. The van der Waals surface area contributed by atoms with Crippen molar-refractivity contribution in [3.63, 3.8) is 0 Å². The number of hydrogen-bond donors (Lipinski definition) is 1. The van der Waals surface area contributed by atoms with Gasteiger partial charge in [-0.15, -0.1) is 0 Å². The molecule has 1 heterocycles. The average molecular weight is 258 g/mol. The molecule has 0 atom stereocenters. The molecule has 1 aromatic carbocycles. The zero-order valence-electron chi connectivity index (χ0n) is 10.6. The molecular weight excluding hydrogens is 244 g/mol. The van der Waals surface area contributed by atoms with Crippen LogP contribution in [-0.2, 0) is 6.42 Å². The highest BCUT2D eigenvalue weighted by atomic mass is 16.5. The van der Waals surface area contributed by atoms with Gasteiger partial charge in [0.25, 0.3) is 0 Å². The molecule has 1 saturated carbocycles. The fourth-order valence-corrected chi connectivity index (χ4v) is 1.96. The molecule has 0 spiro atoms. The number of aromatic carboxylic acids is 1. The van der Waals surface area contributed by atoms with Gasteiger partial charge in [0.05, 0.1) is 5.56 Å². The second-order valence-electron chi connectivity index (χ2n) is 5.38. The second kappa shape index (κ2) is 4.19. The summed E-state index contributed by atoms with van der Waals surface area (Å²) in [4.78, 5) is 15.1. The first-order valence-electron chi connectivity index (χ1n) is 6.22. The summed E-state index contributed by atoms with van der Waals surface area (Å²) < 4.78 is 5.24. The van der Waals surface area contributed by atoms with Gasteiger partial charge >= 0.3 is 5.97 Å². The summed E-state index contributed by atoms with van der Waals surface area (Å²) in [5.41, 5.74) is 1.34. The Morgan fingerprint density at radius 3 is 2.63 bits per heavy atom. The minimum absolute atomic E-state index is 0.248. The third-order valence-electron chi connectivity index (χ3n) is 3.54. The fraction of sp³-hybridized carbons (Fsp3) is 0.357. The van der Waals surface area contributed by atoms with E-state index in [-0.39, 0.29) is 5.56 Å². The van der Waals surface area contributed by atoms with Crippen molar-refractivity contribution in [3.8, 4) is 11.4 Å². The van der Waals surface area contributed by atoms with E-state index in [2.05, 4.69) is 17.1 Å². The van der Waals surface area contributed by atoms with Crippen LogP contribution in [-0.4, -0.2) is 21.2 Å². The summed E-state index contributed by atoms with van der Waals surface area (Å²) in [6.45, 7) is 2.21. The van der Waals surface area contributed by atoms with E-state index >= 15 is 0 Å². The summed E-state index contributed by atoms with van der Waals surface area (Å²) in [6, 6.07) is 6.46. The van der Waals surface area contributed by atoms with E-state index in [9.17, 15) is 4.79 Å². The highest BCUT2D eigenvalue weighted by molar-refractivity contribution is 5.88. The molecule has 98 valence electrons. The Morgan fingerprint density at radius 2 is 2.05 bits per heavy atom. The second-order valence-corrected chi connectivity index (χ2v) is 5.38. The van der Waals surface area contributed by atoms with Crippen LogP contribution in [0.5, 0.6) is 0 Å². The quantitative estimate of drug-likeness (QED) is 0.912. The Kier molecular flexibility index (Phi) is 2.62. The molecule has 0 saturated heterocycles. The number of hydrogen-bond acceptors (Lipinski definition) is 4. The van der Waals surface area contributed by atoms with Crippen LogP contribution in [0.15, 0.2) is 28.8 Å². The summed E-state index contributed by atoms with van der Waals surface area (Å²) >= 11 is 0. The van der Waals surface area contributed by atoms with Crippen molar-refractivity contribution in [3.05, 3.63) is 35.7 Å². The maximum absolute atomic E-state index is 10.8. The van der Waals surface area contributed by atoms with Crippen molar-refractivity contribution in [1.29, 1.82) is 0 Å². The zero-order chi connectivity index (χ0) is 13.5. The molecule has 0 bridgehead atoms. The first-order chi connectivity index (χ1) is 9.06. The van der Waals surface area contributed by atoms with Crippen LogP contribution >= 0.6 is 0 Å². The number of rotatable bonds is 4. The smallest absolute Gasteiger partial charge is 0.335 e. The van der Waals surface area contributed by atoms with Gasteiger partial charge in [0.15, 0.2) is 0 Å². The predicted molar refractivity (Wildman–Crippen MR) is 67.7 cm³/mol. The Morgan fingerprint density at radius 1 is 1.37 bits per heavy atom. The molecule has 1 aliphatic rings. The molecule has 0 radical (unpaired) electrons. The number of carboxylic acids is 1. The minimum Gasteiger partial charge on any atom is -0.478 e. The van der Waals surface area contributed by atoms with Crippen LogP contribution in [0.1, 0.15) is 36.0 Å². The van der Waals surface area contributed by atoms with Gasteiger partial charge in [-0.3, -0.25) is 0 Å². The summed E-state index contributed by atoms with van der Waals surface area (Å²) in [7, 11) is 0. The molecule has 0 unspecified atom stereocenters. The number of aromatic nitrogens is 2. The van der Waals surface area contributed by atoms with E-state index in [1.165, 1.54) is 25.0 Å². The molecule has 5 heteroatoms. The van der Waals surface area contributed by atoms with E-state index in [0.29, 0.717) is 17.1 Å². The molecule has 1 aromatic heterocycles. The molecule has 1 aliphatic carbocycles. The molecule has 1 N–H and O–H groups in total. The molecule has 0 aliphatic heterocycles. The zero-order valence-corrected chi connectivity index (χ0v) is 10.6. The summed E-state index contributed by atoms with van der Waals surface area (Å²) in [5.74, 6) is 0.218. The molecule has 0 amide bonds. The van der Waals surface area contributed by atoms with E-state index in [4.69, 9.17) is 9.63 Å². The lowest BCUT2D eigenvalue weighted by atomic mass is 10.1. The molecule has 3 rings (SSSR count). The van der Waals surface area contributed by atoms with Crippen LogP contribution in [0.2, 0.25) is 0 Å². The lowest BCUT2D eigenvalue weighted by Crippen LogP contribution is -1.99. The topological polar surface area (TPSA) is 76.2 Å². The maximum Gasteiger partial charge on any atom is 0.335 e. The Balaban J connectivity index is 1.80. The highest BCUT2D eigenvalue weighted by Gasteiger charge is 2.39. The molecule has 19 heavy (non-hydrogen) atoms. The van der Waals surface area contributed by atoms with E-state index < -0.39 is 5.97 Å². The molecule has 1 fully saturated rings. The van der Waals surface area contributed by atoms with Crippen molar-refractivity contribution in [2.75, 3.05) is 0 Å². The fourth-order valence-electron chi connectivity index (χ4n) is 1.96. The monoisotopic (exact) mass is 258 g/mol. The summed E-state index contributed by atoms with van der Waals surface area (Å²) in [5, 5.41) is 12.8. The summed E-state index contributed by atoms with van der Waals surface area (Å²) in [6.07, 6.45) is 3.23. The van der Waals surface area contributed by atoms with E-state index in [1.54, 1.807) is 12.1 Å². The average Bonchev–Trinajstić information content (AvgIpc) is 2.93. The van der Waals surface area contributed by atoms with Gasteiger partial charge in [-0.1, -0.05) is 24.2 Å². The SMILES string of the molecule is CC1(Cc2nc(-c3ccc(C(=O)O)cc3)no2)CC1. The standard InChI is InChI=1S/C14H14N2O3/c1-14(6-7-14)8-11-15-12(16-19-11)9-2-4-10(5-3-9)13(17)18/h2-5H,6-8H2,1H3,(H,17,18). The van der Waals surface area contributed by atoms with Gasteiger partial charge < -0.3 is 9.63 Å². The normalized spacial score (nSPS) is 16.3. The molecular formula is C14H14N2O3. The number of carbonyl (C=O) groups is 1. The Labute approximate surface area is 110 Å². The minimum atomic E-state index is -0.943. The van der Waals surface area contributed by atoms with E-state index in [1.807, 2.05) is 0 Å². The van der Waals surface area contributed by atoms with Crippen molar-refractivity contribution >= 4 is 5.97 Å². The van der Waals surface area contributed by atoms with Gasteiger partial charge in [-0.2, -0.15) is 4.98 Å². The van der Waals surface area contributed by atoms with Crippen molar-refractivity contribution < 1.29 is 14.4 Å². The van der Waals surface area contributed by atoms with Crippen molar-refractivity contribution in [2.45, 2.75) is 26.2 Å². The lowest BCUT2D eigenvalue weighted by molar-refractivity contribution is 0.0697. The first-order valence-corrected chi connectivity index (χ1v) is 6.22.